The number of aryl methyl sites for hydroxylation is 1. The van der Waals surface area contributed by atoms with Gasteiger partial charge in [0.05, 0.1) is 0 Å². The molecule has 4 N–H and O–H groups in total. The van der Waals surface area contributed by atoms with Crippen LogP contribution in [-0.4, -0.2) is 12.1 Å². The van der Waals surface area contributed by atoms with Crippen LogP contribution in [0.3, 0.4) is 0 Å². The second-order valence-corrected chi connectivity index (χ2v) is 3.13. The van der Waals surface area contributed by atoms with E-state index in [-0.39, 0.29) is 0 Å². The van der Waals surface area contributed by atoms with Gasteiger partial charge in [-0.25, -0.2) is 9.59 Å². The summed E-state index contributed by atoms with van der Waals surface area (Å²) in [4.78, 5) is 21.5. The first kappa shape index (κ1) is 11.2. The third-order valence-electron chi connectivity index (χ3n) is 1.89. The highest BCUT2D eigenvalue weighted by Gasteiger charge is 2.18. The van der Waals surface area contributed by atoms with Crippen molar-refractivity contribution in [3.63, 3.8) is 0 Å². The zero-order chi connectivity index (χ0) is 11.4. The first-order chi connectivity index (χ1) is 7.00. The number of rotatable bonds is 2. The van der Waals surface area contributed by atoms with E-state index in [9.17, 15) is 9.59 Å². The standard InChI is InChI=1S/C10H12N2O3/c1-6-2-4-7(5-3-6)8(11)9(13)15-10(12)14/h2-5,8H,11H2,1H3,(H2,12,14). The maximum absolute atomic E-state index is 11.2. The molecule has 0 bridgehead atoms. The molecule has 0 saturated carbocycles. The Kier molecular flexibility index (Phi) is 3.41. The van der Waals surface area contributed by atoms with E-state index in [1.807, 2.05) is 19.1 Å². The monoisotopic (exact) mass is 208 g/mol. The molecule has 5 heteroatoms. The van der Waals surface area contributed by atoms with Crippen LogP contribution in [-0.2, 0) is 9.53 Å². The Balaban J connectivity index is 2.76. The number of esters is 1. The molecule has 1 rings (SSSR count). The van der Waals surface area contributed by atoms with Crippen molar-refractivity contribution in [3.8, 4) is 0 Å². The smallest absolute Gasteiger partial charge is 0.375 e. The molecule has 5 nitrogen and oxygen atoms in total. The van der Waals surface area contributed by atoms with Crippen LogP contribution >= 0.6 is 0 Å². The maximum atomic E-state index is 11.2. The lowest BCUT2D eigenvalue weighted by atomic mass is 10.1. The lowest BCUT2D eigenvalue weighted by Crippen LogP contribution is -2.28. The zero-order valence-corrected chi connectivity index (χ0v) is 8.27. The highest BCUT2D eigenvalue weighted by Crippen LogP contribution is 2.12. The molecule has 15 heavy (non-hydrogen) atoms. The summed E-state index contributed by atoms with van der Waals surface area (Å²) in [7, 11) is 0. The first-order valence-electron chi connectivity index (χ1n) is 4.34. The predicted molar refractivity (Wildman–Crippen MR) is 53.8 cm³/mol. The Hall–Kier alpha value is -1.88. The van der Waals surface area contributed by atoms with Crippen molar-refractivity contribution >= 4 is 12.1 Å². The molecule has 0 aromatic heterocycles. The summed E-state index contributed by atoms with van der Waals surface area (Å²) in [6, 6.07) is 6.03. The van der Waals surface area contributed by atoms with Gasteiger partial charge in [-0.2, -0.15) is 0 Å². The van der Waals surface area contributed by atoms with E-state index in [1.165, 1.54) is 0 Å². The first-order valence-corrected chi connectivity index (χ1v) is 4.34. The molecular weight excluding hydrogens is 196 g/mol. The minimum atomic E-state index is -1.15. The van der Waals surface area contributed by atoms with Crippen LogP contribution in [0.15, 0.2) is 24.3 Å². The van der Waals surface area contributed by atoms with Gasteiger partial charge in [0.1, 0.15) is 6.04 Å². The van der Waals surface area contributed by atoms with Crippen molar-refractivity contribution in [1.29, 1.82) is 0 Å². The summed E-state index contributed by atoms with van der Waals surface area (Å²) in [5.74, 6) is -0.855. The summed E-state index contributed by atoms with van der Waals surface area (Å²) < 4.78 is 4.17. The molecule has 1 unspecified atom stereocenters. The maximum Gasteiger partial charge on any atom is 0.412 e. The zero-order valence-electron chi connectivity index (χ0n) is 8.27. The van der Waals surface area contributed by atoms with Crippen LogP contribution in [0.4, 0.5) is 4.79 Å². The van der Waals surface area contributed by atoms with Crippen LogP contribution in [0, 0.1) is 6.92 Å². The third kappa shape index (κ3) is 3.07. The number of carbonyl (C=O) groups is 2. The van der Waals surface area contributed by atoms with E-state index in [1.54, 1.807) is 12.1 Å². The SMILES string of the molecule is Cc1ccc(C(N)C(=O)OC(N)=O)cc1. The van der Waals surface area contributed by atoms with Crippen molar-refractivity contribution in [2.45, 2.75) is 13.0 Å². The van der Waals surface area contributed by atoms with Gasteiger partial charge in [-0.15, -0.1) is 0 Å². The fraction of sp³-hybridized carbons (Fsp3) is 0.200. The van der Waals surface area contributed by atoms with Gasteiger partial charge < -0.3 is 16.2 Å². The van der Waals surface area contributed by atoms with Crippen LogP contribution in [0.5, 0.6) is 0 Å². The lowest BCUT2D eigenvalue weighted by Gasteiger charge is -2.09. The molecule has 0 aliphatic rings. The summed E-state index contributed by atoms with van der Waals surface area (Å²) in [5, 5.41) is 0. The largest absolute Gasteiger partial charge is 0.412 e. The number of primary amides is 1. The number of hydrogen-bond donors (Lipinski definition) is 2. The van der Waals surface area contributed by atoms with Crippen LogP contribution in [0.25, 0.3) is 0 Å². The van der Waals surface area contributed by atoms with Gasteiger partial charge in [0.15, 0.2) is 0 Å². The van der Waals surface area contributed by atoms with Crippen molar-refractivity contribution in [1.82, 2.24) is 0 Å². The Morgan fingerprint density at radius 1 is 1.27 bits per heavy atom. The average molecular weight is 208 g/mol. The number of nitrogens with two attached hydrogens (primary N) is 2. The second kappa shape index (κ2) is 4.56. The lowest BCUT2D eigenvalue weighted by molar-refractivity contribution is -0.138. The third-order valence-corrected chi connectivity index (χ3v) is 1.89. The van der Waals surface area contributed by atoms with E-state index < -0.39 is 18.1 Å². The van der Waals surface area contributed by atoms with Gasteiger partial charge in [-0.3, -0.25) is 0 Å². The van der Waals surface area contributed by atoms with Crippen molar-refractivity contribution in [2.24, 2.45) is 11.5 Å². The number of ether oxygens (including phenoxy) is 1. The second-order valence-electron chi connectivity index (χ2n) is 3.13. The molecule has 0 aliphatic carbocycles. The molecule has 1 aromatic rings. The molecule has 80 valence electrons. The summed E-state index contributed by atoms with van der Waals surface area (Å²) in [6.45, 7) is 1.91. The van der Waals surface area contributed by atoms with Crippen LogP contribution < -0.4 is 11.5 Å². The Morgan fingerprint density at radius 3 is 2.27 bits per heavy atom. The minimum Gasteiger partial charge on any atom is -0.375 e. The molecular formula is C10H12N2O3. The number of carbonyl (C=O) groups excluding carboxylic acids is 2. The average Bonchev–Trinajstić information content (AvgIpc) is 2.17. The van der Waals surface area contributed by atoms with Gasteiger partial charge in [-0.05, 0) is 12.5 Å². The molecule has 1 amide bonds. The fourth-order valence-electron chi connectivity index (χ4n) is 1.07. The van der Waals surface area contributed by atoms with Crippen molar-refractivity contribution < 1.29 is 14.3 Å². The molecule has 1 aromatic carbocycles. The van der Waals surface area contributed by atoms with Crippen molar-refractivity contribution in [2.75, 3.05) is 0 Å². The number of hydrogen-bond acceptors (Lipinski definition) is 4. The molecule has 1 atom stereocenters. The molecule has 0 radical (unpaired) electrons. The topological polar surface area (TPSA) is 95.4 Å². The van der Waals surface area contributed by atoms with E-state index >= 15 is 0 Å². The van der Waals surface area contributed by atoms with Gasteiger partial charge in [0.25, 0.3) is 0 Å². The minimum absolute atomic E-state index is 0.576. The summed E-state index contributed by atoms with van der Waals surface area (Å²) >= 11 is 0. The highest BCUT2D eigenvalue weighted by molar-refractivity contribution is 5.87. The molecule has 0 spiro atoms. The van der Waals surface area contributed by atoms with E-state index in [2.05, 4.69) is 4.74 Å². The predicted octanol–water partition coefficient (Wildman–Crippen LogP) is 0.617. The normalized spacial score (nSPS) is 11.9. The van der Waals surface area contributed by atoms with Crippen LogP contribution in [0.1, 0.15) is 17.2 Å². The van der Waals surface area contributed by atoms with Crippen molar-refractivity contribution in [3.05, 3.63) is 35.4 Å². The molecule has 0 fully saturated rings. The Morgan fingerprint density at radius 2 is 1.80 bits per heavy atom. The number of amides is 1. The van der Waals surface area contributed by atoms with Crippen LogP contribution in [0.2, 0.25) is 0 Å². The summed E-state index contributed by atoms with van der Waals surface area (Å²) in [6.07, 6.45) is -1.15. The fourth-order valence-corrected chi connectivity index (χ4v) is 1.07. The Bertz CT molecular complexity index is 373. The molecule has 0 saturated heterocycles. The summed E-state index contributed by atoms with van der Waals surface area (Å²) in [5.41, 5.74) is 11.9. The van der Waals surface area contributed by atoms with Gasteiger partial charge >= 0.3 is 12.1 Å². The molecule has 0 aliphatic heterocycles. The molecule has 0 heterocycles. The Labute approximate surface area is 87.0 Å². The van der Waals surface area contributed by atoms with Gasteiger partial charge in [0, 0.05) is 0 Å². The van der Waals surface area contributed by atoms with E-state index in [4.69, 9.17) is 11.5 Å². The number of benzene rings is 1. The van der Waals surface area contributed by atoms with E-state index in [0.717, 1.165) is 5.56 Å². The highest BCUT2D eigenvalue weighted by atomic mass is 16.6. The van der Waals surface area contributed by atoms with Gasteiger partial charge in [0.2, 0.25) is 0 Å². The quantitative estimate of drug-likeness (QED) is 0.550. The van der Waals surface area contributed by atoms with E-state index in [0.29, 0.717) is 5.56 Å². The van der Waals surface area contributed by atoms with Gasteiger partial charge in [-0.1, -0.05) is 29.8 Å².